The standard InChI is InChI=1S/C33H44N2O11/c1-7-8-15-42-29(39)20(34-28(38)18(2)43-30(40)46-31(3,4)5)17-24(37)44-22-11-12-33(41)23-16-19-9-10-21(36)26-25(19)32(33,27(22)45-26)13-14-35(23)6/h9-11,18,20,23,27,36,41H,7-8,12-17H2,1-6H3,(H,34,38)/t18-,20-,23+,27-,32-,33+/m0/s1. The van der Waals surface area contributed by atoms with Gasteiger partial charge in [0.1, 0.15) is 17.4 Å². The van der Waals surface area contributed by atoms with Crippen LogP contribution in [0.5, 0.6) is 11.5 Å². The van der Waals surface area contributed by atoms with Crippen molar-refractivity contribution in [3.8, 4) is 11.5 Å². The average Bonchev–Trinajstić information content (AvgIpc) is 3.32. The minimum absolute atomic E-state index is 0.0618. The van der Waals surface area contributed by atoms with E-state index in [-0.39, 0.29) is 36.3 Å². The van der Waals surface area contributed by atoms with Crippen LogP contribution in [-0.2, 0) is 45.2 Å². The Balaban J connectivity index is 1.34. The molecule has 1 saturated heterocycles. The molecule has 1 aromatic carbocycles. The summed E-state index contributed by atoms with van der Waals surface area (Å²) in [5.74, 6) is -2.17. The topological polar surface area (TPSA) is 170 Å². The van der Waals surface area contributed by atoms with E-state index in [4.69, 9.17) is 23.7 Å². The lowest BCUT2D eigenvalue weighted by Gasteiger charge is -2.61. The molecule has 1 spiro atoms. The number of aromatic hydroxyl groups is 1. The van der Waals surface area contributed by atoms with Gasteiger partial charge in [0.15, 0.2) is 23.7 Å². The number of carbonyl (C=O) groups is 4. The lowest BCUT2D eigenvalue weighted by Crippen LogP contribution is -2.74. The SMILES string of the molecule is CCCCOC(=O)[C@H](CC(=O)OC1=CC[C@@]2(O)[C@H]3Cc4ccc(O)c5c4[C@@]2(CCN3C)[C@H]1O5)NC(=O)[C@H](C)OC(=O)OC(C)(C)C. The maximum atomic E-state index is 13.4. The Labute approximate surface area is 268 Å². The van der Waals surface area contributed by atoms with E-state index in [0.717, 1.165) is 17.5 Å². The number of likely N-dealkylation sites (tertiary alicyclic amines) is 1. The Morgan fingerprint density at radius 3 is 2.65 bits per heavy atom. The van der Waals surface area contributed by atoms with Gasteiger partial charge in [0.05, 0.1) is 24.0 Å². The van der Waals surface area contributed by atoms with E-state index in [1.165, 1.54) is 6.92 Å². The zero-order chi connectivity index (χ0) is 33.6. The molecule has 13 heteroatoms. The molecule has 5 rings (SSSR count). The van der Waals surface area contributed by atoms with Gasteiger partial charge >= 0.3 is 18.1 Å². The molecule has 0 unspecified atom stereocenters. The number of hydrogen-bond donors (Lipinski definition) is 3. The van der Waals surface area contributed by atoms with E-state index in [9.17, 15) is 29.4 Å². The van der Waals surface area contributed by atoms with E-state index in [1.807, 2.05) is 20.0 Å². The van der Waals surface area contributed by atoms with E-state index >= 15 is 0 Å². The fourth-order valence-electron chi connectivity index (χ4n) is 7.15. The Kier molecular flexibility index (Phi) is 9.04. The Morgan fingerprint density at radius 2 is 1.96 bits per heavy atom. The zero-order valence-electron chi connectivity index (χ0n) is 27.2. The monoisotopic (exact) mass is 644 g/mol. The van der Waals surface area contributed by atoms with Gasteiger partial charge in [-0.15, -0.1) is 0 Å². The summed E-state index contributed by atoms with van der Waals surface area (Å²) in [6.45, 7) is 8.90. The Bertz CT molecular complexity index is 1440. The third kappa shape index (κ3) is 5.90. The second kappa shape index (κ2) is 12.4. The number of carbonyl (C=O) groups excluding carboxylic acids is 4. The number of nitrogens with one attached hydrogen (secondary N) is 1. The maximum absolute atomic E-state index is 13.4. The van der Waals surface area contributed by atoms with Gasteiger partial charge in [0.2, 0.25) is 0 Å². The van der Waals surface area contributed by atoms with Crippen molar-refractivity contribution in [1.82, 2.24) is 10.2 Å². The van der Waals surface area contributed by atoms with Crippen LogP contribution >= 0.6 is 0 Å². The zero-order valence-corrected chi connectivity index (χ0v) is 27.2. The molecule has 3 N–H and O–H groups in total. The van der Waals surface area contributed by atoms with Crippen LogP contribution in [0.4, 0.5) is 4.79 Å². The fourth-order valence-corrected chi connectivity index (χ4v) is 7.15. The highest BCUT2D eigenvalue weighted by molar-refractivity contribution is 5.90. The van der Waals surface area contributed by atoms with Gasteiger partial charge < -0.3 is 44.1 Å². The first-order valence-corrected chi connectivity index (χ1v) is 15.8. The Hall–Kier alpha value is -3.84. The first-order valence-electron chi connectivity index (χ1n) is 15.8. The number of phenols is 1. The van der Waals surface area contributed by atoms with E-state index in [0.29, 0.717) is 25.8 Å². The number of ether oxygens (including phenoxy) is 5. The van der Waals surface area contributed by atoms with Crippen LogP contribution in [0.2, 0.25) is 0 Å². The fraction of sp³-hybridized carbons (Fsp3) is 0.636. The molecular formula is C33H44N2O11. The van der Waals surface area contributed by atoms with Crippen LogP contribution < -0.4 is 10.1 Å². The van der Waals surface area contributed by atoms with E-state index in [1.54, 1.807) is 32.9 Å². The molecule has 0 saturated carbocycles. The smallest absolute Gasteiger partial charge is 0.504 e. The molecule has 252 valence electrons. The molecule has 0 radical (unpaired) electrons. The van der Waals surface area contributed by atoms with Crippen LogP contribution in [0.25, 0.3) is 0 Å². The third-order valence-corrected chi connectivity index (χ3v) is 9.33. The van der Waals surface area contributed by atoms with Crippen molar-refractivity contribution >= 4 is 24.0 Å². The molecule has 2 aliphatic heterocycles. The number of amides is 1. The lowest BCUT2D eigenvalue weighted by molar-refractivity contribution is -0.170. The molecule has 46 heavy (non-hydrogen) atoms. The van der Waals surface area contributed by atoms with Crippen molar-refractivity contribution < 1.29 is 53.1 Å². The van der Waals surface area contributed by atoms with Gasteiger partial charge in [0.25, 0.3) is 5.91 Å². The first kappa shape index (κ1) is 33.5. The number of nitrogens with zero attached hydrogens (tertiary/aromatic N) is 1. The highest BCUT2D eigenvalue weighted by atomic mass is 16.7. The quantitative estimate of drug-likeness (QED) is 0.194. The number of unbranched alkanes of at least 4 members (excludes halogenated alkanes) is 1. The second-order valence-electron chi connectivity index (χ2n) is 13.6. The first-order chi connectivity index (χ1) is 21.6. The summed E-state index contributed by atoms with van der Waals surface area (Å²) in [6.07, 6.45) is 0.321. The van der Waals surface area contributed by atoms with Crippen molar-refractivity contribution in [2.75, 3.05) is 20.2 Å². The molecule has 2 aliphatic carbocycles. The third-order valence-electron chi connectivity index (χ3n) is 9.33. The predicted octanol–water partition coefficient (Wildman–Crippen LogP) is 2.77. The molecular weight excluding hydrogens is 600 g/mol. The number of phenolic OH excluding ortho intramolecular Hbond substituents is 1. The molecule has 6 atom stereocenters. The molecule has 1 aromatic rings. The lowest BCUT2D eigenvalue weighted by atomic mass is 9.50. The van der Waals surface area contributed by atoms with Crippen molar-refractivity contribution in [3.05, 3.63) is 35.1 Å². The minimum Gasteiger partial charge on any atom is -0.504 e. The molecule has 1 amide bonds. The van der Waals surface area contributed by atoms with Crippen molar-refractivity contribution in [2.45, 2.75) is 114 Å². The molecule has 1 fully saturated rings. The summed E-state index contributed by atoms with van der Waals surface area (Å²) in [7, 11) is 1.97. The number of piperidine rings is 1. The van der Waals surface area contributed by atoms with Gasteiger partial charge in [-0.05, 0) is 78.3 Å². The van der Waals surface area contributed by atoms with Gasteiger partial charge in [-0.1, -0.05) is 19.4 Å². The molecule has 2 heterocycles. The van der Waals surface area contributed by atoms with E-state index in [2.05, 4.69) is 10.2 Å². The van der Waals surface area contributed by atoms with Gasteiger partial charge in [-0.2, -0.15) is 0 Å². The number of rotatable bonds is 10. The number of aliphatic hydroxyl groups is 1. The largest absolute Gasteiger partial charge is 0.509 e. The normalized spacial score (nSPS) is 27.2. The summed E-state index contributed by atoms with van der Waals surface area (Å²) in [5.41, 5.74) is -1.34. The van der Waals surface area contributed by atoms with Crippen molar-refractivity contribution in [2.24, 2.45) is 0 Å². The minimum atomic E-state index is -1.44. The van der Waals surface area contributed by atoms with E-state index < -0.39 is 65.3 Å². The van der Waals surface area contributed by atoms with Crippen molar-refractivity contribution in [3.63, 3.8) is 0 Å². The molecule has 4 aliphatic rings. The van der Waals surface area contributed by atoms with Crippen LogP contribution in [0.15, 0.2) is 24.0 Å². The number of hydrogen-bond acceptors (Lipinski definition) is 12. The van der Waals surface area contributed by atoms with Crippen LogP contribution in [0.3, 0.4) is 0 Å². The highest BCUT2D eigenvalue weighted by Crippen LogP contribution is 2.65. The molecule has 2 bridgehead atoms. The molecule has 13 nitrogen and oxygen atoms in total. The molecule has 0 aromatic heterocycles. The highest BCUT2D eigenvalue weighted by Gasteiger charge is 2.72. The second-order valence-corrected chi connectivity index (χ2v) is 13.6. The summed E-state index contributed by atoms with van der Waals surface area (Å²) in [5, 5.41) is 25.5. The summed E-state index contributed by atoms with van der Waals surface area (Å²) in [6, 6.07) is 1.76. The van der Waals surface area contributed by atoms with Crippen LogP contribution in [0.1, 0.15) is 77.8 Å². The Morgan fingerprint density at radius 1 is 1.22 bits per heavy atom. The van der Waals surface area contributed by atoms with Gasteiger partial charge in [-0.3, -0.25) is 9.59 Å². The number of benzene rings is 1. The van der Waals surface area contributed by atoms with Crippen LogP contribution in [-0.4, -0.2) is 94.8 Å². The summed E-state index contributed by atoms with van der Waals surface area (Å²) in [4.78, 5) is 53.6. The summed E-state index contributed by atoms with van der Waals surface area (Å²) >= 11 is 0. The summed E-state index contributed by atoms with van der Waals surface area (Å²) < 4.78 is 27.6. The van der Waals surface area contributed by atoms with Gasteiger partial charge in [0, 0.05) is 18.0 Å². The van der Waals surface area contributed by atoms with Gasteiger partial charge in [-0.25, -0.2) is 9.59 Å². The number of likely N-dealkylation sites (N-methyl/N-ethyl adjacent to an activating group) is 1. The van der Waals surface area contributed by atoms with Crippen molar-refractivity contribution in [1.29, 1.82) is 0 Å². The maximum Gasteiger partial charge on any atom is 0.509 e. The van der Waals surface area contributed by atoms with Crippen LogP contribution in [0, 0.1) is 0 Å². The predicted molar refractivity (Wildman–Crippen MR) is 162 cm³/mol. The average molecular weight is 645 g/mol. The number of esters is 2.